The predicted molar refractivity (Wildman–Crippen MR) is 72.4 cm³/mol. The molecule has 0 spiro atoms. The van der Waals surface area contributed by atoms with Gasteiger partial charge in [0, 0.05) is 31.3 Å². The quantitative estimate of drug-likeness (QED) is 0.606. The average molecular weight is 312 g/mol. The summed E-state index contributed by atoms with van der Waals surface area (Å²) in [6.45, 7) is 1.97. The molecular formula is C10H20N2O5S2. The molecule has 0 radical (unpaired) electrons. The second-order valence-corrected chi connectivity index (χ2v) is 9.26. The van der Waals surface area contributed by atoms with Crippen LogP contribution in [0.15, 0.2) is 0 Å². The number of sulfone groups is 2. The molecule has 0 bridgehead atoms. The summed E-state index contributed by atoms with van der Waals surface area (Å²) < 4.78 is 45.2. The predicted octanol–water partition coefficient (Wildman–Crippen LogP) is -1.69. The Hall–Kier alpha value is -0.670. The number of nitrogens with one attached hydrogen (secondary N) is 2. The van der Waals surface area contributed by atoms with Gasteiger partial charge in [0.05, 0.1) is 17.3 Å². The zero-order valence-corrected chi connectivity index (χ0v) is 12.5. The molecule has 19 heavy (non-hydrogen) atoms. The van der Waals surface area contributed by atoms with Gasteiger partial charge in [0.15, 0.2) is 19.7 Å². The van der Waals surface area contributed by atoms with E-state index in [1.165, 1.54) is 0 Å². The summed E-state index contributed by atoms with van der Waals surface area (Å²) >= 11 is 0. The van der Waals surface area contributed by atoms with Gasteiger partial charge in [-0.3, -0.25) is 4.79 Å². The molecule has 0 aromatic carbocycles. The third-order valence-electron chi connectivity index (χ3n) is 2.91. The molecule has 1 saturated heterocycles. The summed E-state index contributed by atoms with van der Waals surface area (Å²) in [6, 6.07) is -0.387. The molecular weight excluding hydrogens is 292 g/mol. The van der Waals surface area contributed by atoms with Crippen molar-refractivity contribution in [3.05, 3.63) is 0 Å². The van der Waals surface area contributed by atoms with Gasteiger partial charge >= 0.3 is 0 Å². The molecule has 1 aliphatic rings. The van der Waals surface area contributed by atoms with Gasteiger partial charge < -0.3 is 10.6 Å². The Bertz CT molecular complexity index is 512. The second-order valence-electron chi connectivity index (χ2n) is 4.56. The summed E-state index contributed by atoms with van der Waals surface area (Å²) in [4.78, 5) is 11.6. The first-order valence-corrected chi connectivity index (χ1v) is 9.79. The van der Waals surface area contributed by atoms with Crippen molar-refractivity contribution in [2.24, 2.45) is 0 Å². The molecule has 0 aliphatic carbocycles. The maximum Gasteiger partial charge on any atom is 0.221 e. The largest absolute Gasteiger partial charge is 0.355 e. The number of rotatable bonds is 6. The van der Waals surface area contributed by atoms with Crippen molar-refractivity contribution in [1.82, 2.24) is 10.6 Å². The molecule has 9 heteroatoms. The van der Waals surface area contributed by atoms with Gasteiger partial charge in [-0.1, -0.05) is 6.92 Å². The van der Waals surface area contributed by atoms with Crippen LogP contribution in [0.1, 0.15) is 13.3 Å². The molecule has 7 nitrogen and oxygen atoms in total. The highest BCUT2D eigenvalue weighted by Crippen LogP contribution is 2.04. The van der Waals surface area contributed by atoms with E-state index in [0.717, 1.165) is 0 Å². The molecule has 112 valence electrons. The summed E-state index contributed by atoms with van der Waals surface area (Å²) in [5.41, 5.74) is 0. The zero-order valence-electron chi connectivity index (χ0n) is 10.9. The molecule has 2 N–H and O–H groups in total. The van der Waals surface area contributed by atoms with Crippen LogP contribution in [0.4, 0.5) is 0 Å². The molecule has 1 atom stereocenters. The van der Waals surface area contributed by atoms with Crippen LogP contribution in [0, 0.1) is 0 Å². The second kappa shape index (κ2) is 6.67. The number of hydrogen-bond acceptors (Lipinski definition) is 6. The van der Waals surface area contributed by atoms with Crippen molar-refractivity contribution in [3.63, 3.8) is 0 Å². The van der Waals surface area contributed by atoms with E-state index in [1.54, 1.807) is 6.92 Å². The topological polar surface area (TPSA) is 109 Å². The van der Waals surface area contributed by atoms with Crippen molar-refractivity contribution >= 4 is 25.6 Å². The Labute approximate surface area is 114 Å². The fraction of sp³-hybridized carbons (Fsp3) is 0.900. The Kier molecular flexibility index (Phi) is 5.75. The van der Waals surface area contributed by atoms with Crippen molar-refractivity contribution in [1.29, 1.82) is 0 Å². The van der Waals surface area contributed by atoms with E-state index in [9.17, 15) is 21.6 Å². The Morgan fingerprint density at radius 3 is 2.68 bits per heavy atom. The average Bonchev–Trinajstić information content (AvgIpc) is 2.27. The third-order valence-corrected chi connectivity index (χ3v) is 6.35. The smallest absolute Gasteiger partial charge is 0.221 e. The molecule has 0 saturated carbocycles. The highest BCUT2D eigenvalue weighted by molar-refractivity contribution is 7.91. The van der Waals surface area contributed by atoms with Crippen LogP contribution in [0.2, 0.25) is 0 Å². The minimum absolute atomic E-state index is 0.0469. The van der Waals surface area contributed by atoms with Crippen LogP contribution < -0.4 is 10.6 Å². The molecule has 0 aromatic heterocycles. The first-order chi connectivity index (χ1) is 8.74. The molecule has 0 aromatic rings. The number of hydrogen-bond donors (Lipinski definition) is 2. The standard InChI is InChI=1S/C10H20N2O5S2/c1-2-18(14,15)5-4-12-10(13)7-9-8-19(16,17)6-3-11-9/h9,11H,2-8H2,1H3,(H,12,13). The van der Waals surface area contributed by atoms with E-state index < -0.39 is 19.7 Å². The number of carbonyl (C=O) groups excluding carboxylic acids is 1. The molecule has 1 amide bonds. The summed E-state index contributed by atoms with van der Waals surface area (Å²) in [5.74, 6) is -0.328. The number of amides is 1. The van der Waals surface area contributed by atoms with Crippen LogP contribution in [-0.2, 0) is 24.5 Å². The van der Waals surface area contributed by atoms with Crippen molar-refractivity contribution in [3.8, 4) is 0 Å². The van der Waals surface area contributed by atoms with E-state index in [-0.39, 0.29) is 47.9 Å². The van der Waals surface area contributed by atoms with Crippen LogP contribution in [0.25, 0.3) is 0 Å². The van der Waals surface area contributed by atoms with Gasteiger partial charge in [0.2, 0.25) is 5.91 Å². The Balaban J connectivity index is 2.32. The molecule has 1 heterocycles. The van der Waals surface area contributed by atoms with Gasteiger partial charge in [-0.15, -0.1) is 0 Å². The van der Waals surface area contributed by atoms with Crippen molar-refractivity contribution < 1.29 is 21.6 Å². The maximum atomic E-state index is 11.6. The third kappa shape index (κ3) is 6.35. The normalized spacial score (nSPS) is 22.9. The van der Waals surface area contributed by atoms with E-state index >= 15 is 0 Å². The van der Waals surface area contributed by atoms with Gasteiger partial charge in [0.25, 0.3) is 0 Å². The van der Waals surface area contributed by atoms with Gasteiger partial charge in [-0.05, 0) is 0 Å². The maximum absolute atomic E-state index is 11.6. The highest BCUT2D eigenvalue weighted by atomic mass is 32.2. The van der Waals surface area contributed by atoms with Crippen LogP contribution >= 0.6 is 0 Å². The van der Waals surface area contributed by atoms with Gasteiger partial charge in [-0.25, -0.2) is 16.8 Å². The summed E-state index contributed by atoms with van der Waals surface area (Å²) in [6.07, 6.45) is 0.0470. The van der Waals surface area contributed by atoms with E-state index in [1.807, 2.05) is 0 Å². The fourth-order valence-corrected chi connectivity index (χ4v) is 3.93. The van der Waals surface area contributed by atoms with E-state index in [2.05, 4.69) is 10.6 Å². The number of carbonyl (C=O) groups is 1. The van der Waals surface area contributed by atoms with Gasteiger partial charge in [-0.2, -0.15) is 0 Å². The monoisotopic (exact) mass is 312 g/mol. The van der Waals surface area contributed by atoms with Gasteiger partial charge in [0.1, 0.15) is 0 Å². The summed E-state index contributed by atoms with van der Waals surface area (Å²) in [5, 5.41) is 5.46. The lowest BCUT2D eigenvalue weighted by atomic mass is 10.2. The first-order valence-electron chi connectivity index (χ1n) is 6.15. The SMILES string of the molecule is CCS(=O)(=O)CCNC(=O)CC1CS(=O)(=O)CCN1. The highest BCUT2D eigenvalue weighted by Gasteiger charge is 2.25. The first kappa shape index (κ1) is 16.4. The lowest BCUT2D eigenvalue weighted by molar-refractivity contribution is -0.121. The Morgan fingerprint density at radius 2 is 2.11 bits per heavy atom. The molecule has 1 aliphatic heterocycles. The Morgan fingerprint density at radius 1 is 1.42 bits per heavy atom. The zero-order chi connectivity index (χ0) is 14.5. The lowest BCUT2D eigenvalue weighted by Gasteiger charge is -2.23. The van der Waals surface area contributed by atoms with Crippen molar-refractivity contribution in [2.75, 3.05) is 36.1 Å². The molecule has 1 unspecified atom stereocenters. The lowest BCUT2D eigenvalue weighted by Crippen LogP contribution is -2.47. The fourth-order valence-electron chi connectivity index (χ4n) is 1.78. The minimum atomic E-state index is -3.09. The van der Waals surface area contributed by atoms with Crippen molar-refractivity contribution in [2.45, 2.75) is 19.4 Å². The van der Waals surface area contributed by atoms with E-state index in [0.29, 0.717) is 6.54 Å². The van der Waals surface area contributed by atoms with Crippen LogP contribution in [0.3, 0.4) is 0 Å². The van der Waals surface area contributed by atoms with Crippen LogP contribution in [0.5, 0.6) is 0 Å². The minimum Gasteiger partial charge on any atom is -0.355 e. The van der Waals surface area contributed by atoms with E-state index in [4.69, 9.17) is 0 Å². The molecule has 1 rings (SSSR count). The molecule has 1 fully saturated rings. The summed E-state index contributed by atoms with van der Waals surface area (Å²) in [7, 11) is -6.16. The van der Waals surface area contributed by atoms with Crippen LogP contribution in [-0.4, -0.2) is 64.9 Å².